The van der Waals surface area contributed by atoms with E-state index in [1.54, 1.807) is 6.92 Å². The Labute approximate surface area is 118 Å². The van der Waals surface area contributed by atoms with Gasteiger partial charge in [-0.25, -0.2) is 0 Å². The third kappa shape index (κ3) is 9.19. The SMILES string of the molecule is CCOC(=O)CCP(=O)(OCCBr)OCCBr. The Bertz CT molecular complexity index is 250. The lowest BCUT2D eigenvalue weighted by Gasteiger charge is -2.17. The van der Waals surface area contributed by atoms with E-state index in [1.165, 1.54) is 0 Å². The number of hydrogen-bond donors (Lipinski definition) is 0. The van der Waals surface area contributed by atoms with Gasteiger partial charge in [0.05, 0.1) is 32.4 Å². The van der Waals surface area contributed by atoms with Gasteiger partial charge in [-0.05, 0) is 6.92 Å². The second-order valence-electron chi connectivity index (χ2n) is 2.93. The zero-order chi connectivity index (χ0) is 13.1. The number of esters is 1. The molecule has 0 aliphatic carbocycles. The van der Waals surface area contributed by atoms with E-state index in [0.717, 1.165) is 0 Å². The Hall–Kier alpha value is 0.580. The fraction of sp³-hybridized carbons (Fsp3) is 0.889. The number of halogens is 2. The molecule has 8 heteroatoms. The lowest BCUT2D eigenvalue weighted by atomic mass is 10.5. The van der Waals surface area contributed by atoms with Crippen molar-refractivity contribution in [1.29, 1.82) is 0 Å². The summed E-state index contributed by atoms with van der Waals surface area (Å²) in [5.41, 5.74) is 0. The van der Waals surface area contributed by atoms with Gasteiger partial charge in [0.1, 0.15) is 0 Å². The molecule has 0 atom stereocenters. The van der Waals surface area contributed by atoms with Crippen LogP contribution in [0, 0.1) is 0 Å². The van der Waals surface area contributed by atoms with Crippen molar-refractivity contribution in [2.75, 3.05) is 36.6 Å². The van der Waals surface area contributed by atoms with Gasteiger partial charge in [-0.15, -0.1) is 0 Å². The molecule has 0 aromatic carbocycles. The van der Waals surface area contributed by atoms with E-state index >= 15 is 0 Å². The first-order chi connectivity index (χ1) is 8.08. The van der Waals surface area contributed by atoms with E-state index in [2.05, 4.69) is 31.9 Å². The first-order valence-electron chi connectivity index (χ1n) is 5.23. The van der Waals surface area contributed by atoms with Crippen molar-refractivity contribution in [3.8, 4) is 0 Å². The fourth-order valence-electron chi connectivity index (χ4n) is 0.975. The average Bonchev–Trinajstić information content (AvgIpc) is 2.32. The lowest BCUT2D eigenvalue weighted by Crippen LogP contribution is -2.10. The highest BCUT2D eigenvalue weighted by atomic mass is 79.9. The minimum atomic E-state index is -3.19. The topological polar surface area (TPSA) is 61.8 Å². The standard InChI is InChI=1S/C9H17Br2O5P/c1-2-14-9(12)3-8-17(13,15-6-4-10)16-7-5-11/h2-8H2,1H3. The largest absolute Gasteiger partial charge is 0.466 e. The predicted octanol–water partition coefficient (Wildman–Crippen LogP) is 2.96. The van der Waals surface area contributed by atoms with Crippen LogP contribution in [0.15, 0.2) is 0 Å². The van der Waals surface area contributed by atoms with Crippen LogP contribution in [0.25, 0.3) is 0 Å². The molecule has 0 aromatic rings. The molecule has 0 aliphatic heterocycles. The molecule has 102 valence electrons. The molecule has 0 heterocycles. The van der Waals surface area contributed by atoms with Crippen molar-refractivity contribution in [3.63, 3.8) is 0 Å². The molecule has 0 rings (SSSR count). The first kappa shape index (κ1) is 17.6. The number of carbonyl (C=O) groups is 1. The zero-order valence-electron chi connectivity index (χ0n) is 9.69. The summed E-state index contributed by atoms with van der Waals surface area (Å²) in [5, 5.41) is 1.13. The van der Waals surface area contributed by atoms with Crippen LogP contribution in [0.4, 0.5) is 0 Å². The van der Waals surface area contributed by atoms with Crippen LogP contribution in [-0.2, 0) is 23.1 Å². The number of hydrogen-bond acceptors (Lipinski definition) is 5. The third-order valence-electron chi connectivity index (χ3n) is 1.63. The highest BCUT2D eigenvalue weighted by molar-refractivity contribution is 9.09. The van der Waals surface area contributed by atoms with Crippen LogP contribution in [0.1, 0.15) is 13.3 Å². The van der Waals surface area contributed by atoms with Crippen molar-refractivity contribution in [1.82, 2.24) is 0 Å². The van der Waals surface area contributed by atoms with Crippen LogP contribution >= 0.6 is 39.5 Å². The molecular weight excluding hydrogens is 379 g/mol. The predicted molar refractivity (Wildman–Crippen MR) is 73.2 cm³/mol. The number of ether oxygens (including phenoxy) is 1. The molecule has 0 saturated heterocycles. The van der Waals surface area contributed by atoms with E-state index < -0.39 is 13.6 Å². The van der Waals surface area contributed by atoms with E-state index in [0.29, 0.717) is 17.3 Å². The summed E-state index contributed by atoms with van der Waals surface area (Å²) in [6.45, 7) is 2.60. The first-order valence-corrected chi connectivity index (χ1v) is 9.20. The molecule has 0 bridgehead atoms. The molecule has 0 radical (unpaired) electrons. The van der Waals surface area contributed by atoms with Gasteiger partial charge in [-0.3, -0.25) is 9.36 Å². The molecule has 0 aromatic heterocycles. The average molecular weight is 396 g/mol. The minimum Gasteiger partial charge on any atom is -0.466 e. The maximum absolute atomic E-state index is 12.1. The summed E-state index contributed by atoms with van der Waals surface area (Å²) < 4.78 is 27.2. The molecule has 17 heavy (non-hydrogen) atoms. The number of carbonyl (C=O) groups excluding carboxylic acids is 1. The second-order valence-corrected chi connectivity index (χ2v) is 6.71. The normalized spacial score (nSPS) is 11.5. The van der Waals surface area contributed by atoms with Gasteiger partial charge < -0.3 is 13.8 Å². The smallest absolute Gasteiger partial charge is 0.331 e. The highest BCUT2D eigenvalue weighted by Gasteiger charge is 2.25. The molecule has 0 fully saturated rings. The van der Waals surface area contributed by atoms with Crippen molar-refractivity contribution in [2.45, 2.75) is 13.3 Å². The van der Waals surface area contributed by atoms with Crippen molar-refractivity contribution >= 4 is 45.4 Å². The van der Waals surface area contributed by atoms with E-state index in [1.807, 2.05) is 0 Å². The third-order valence-corrected chi connectivity index (χ3v) is 4.20. The Balaban J connectivity index is 4.17. The van der Waals surface area contributed by atoms with E-state index in [9.17, 15) is 9.36 Å². The summed E-state index contributed by atoms with van der Waals surface area (Å²) in [4.78, 5) is 11.2. The Morgan fingerprint density at radius 2 is 1.71 bits per heavy atom. The van der Waals surface area contributed by atoms with Crippen molar-refractivity contribution < 1.29 is 23.1 Å². The van der Waals surface area contributed by atoms with Gasteiger partial charge in [0.25, 0.3) is 0 Å². The molecular formula is C9H17Br2O5P. The summed E-state index contributed by atoms with van der Waals surface area (Å²) in [5.74, 6) is -0.391. The summed E-state index contributed by atoms with van der Waals surface area (Å²) in [6, 6.07) is 0. The number of alkyl halides is 2. The Morgan fingerprint density at radius 1 is 1.18 bits per heavy atom. The van der Waals surface area contributed by atoms with Gasteiger partial charge in [0, 0.05) is 10.7 Å². The summed E-state index contributed by atoms with van der Waals surface area (Å²) >= 11 is 6.35. The van der Waals surface area contributed by atoms with E-state index in [-0.39, 0.29) is 25.8 Å². The molecule has 0 aliphatic rings. The maximum Gasteiger partial charge on any atom is 0.331 e. The van der Waals surface area contributed by atoms with Crippen molar-refractivity contribution in [2.24, 2.45) is 0 Å². The molecule has 5 nitrogen and oxygen atoms in total. The Morgan fingerprint density at radius 3 is 2.12 bits per heavy atom. The fourth-order valence-corrected chi connectivity index (χ4v) is 3.33. The van der Waals surface area contributed by atoms with Gasteiger partial charge in [0.2, 0.25) is 0 Å². The van der Waals surface area contributed by atoms with Gasteiger partial charge in [-0.1, -0.05) is 31.9 Å². The second kappa shape index (κ2) is 10.5. The molecule has 0 saturated carbocycles. The van der Waals surface area contributed by atoms with Crippen LogP contribution < -0.4 is 0 Å². The van der Waals surface area contributed by atoms with Crippen LogP contribution in [0.5, 0.6) is 0 Å². The summed E-state index contributed by atoms with van der Waals surface area (Å²) in [7, 11) is -3.19. The zero-order valence-corrected chi connectivity index (χ0v) is 13.8. The van der Waals surface area contributed by atoms with Crippen molar-refractivity contribution in [3.05, 3.63) is 0 Å². The molecule has 0 spiro atoms. The van der Waals surface area contributed by atoms with Crippen LogP contribution in [0.2, 0.25) is 0 Å². The quantitative estimate of drug-likeness (QED) is 0.323. The molecule has 0 amide bonds. The monoisotopic (exact) mass is 394 g/mol. The van der Waals surface area contributed by atoms with Crippen LogP contribution in [-0.4, -0.2) is 42.6 Å². The highest BCUT2D eigenvalue weighted by Crippen LogP contribution is 2.48. The van der Waals surface area contributed by atoms with Gasteiger partial charge >= 0.3 is 13.6 Å². The van der Waals surface area contributed by atoms with Crippen LogP contribution in [0.3, 0.4) is 0 Å². The number of rotatable bonds is 10. The lowest BCUT2D eigenvalue weighted by molar-refractivity contribution is -0.142. The van der Waals surface area contributed by atoms with Gasteiger partial charge in [0.15, 0.2) is 0 Å². The minimum absolute atomic E-state index is 0.0374. The van der Waals surface area contributed by atoms with Gasteiger partial charge in [-0.2, -0.15) is 0 Å². The summed E-state index contributed by atoms with van der Waals surface area (Å²) in [6.07, 6.45) is 0.0848. The van der Waals surface area contributed by atoms with E-state index in [4.69, 9.17) is 13.8 Å². The maximum atomic E-state index is 12.1. The molecule has 0 unspecified atom stereocenters. The molecule has 0 N–H and O–H groups in total. The Kier molecular flexibility index (Phi) is 10.9.